The number of aromatic nitrogens is 2. The normalized spacial score (nSPS) is 11.7. The summed E-state index contributed by atoms with van der Waals surface area (Å²) in [7, 11) is 1.50. The van der Waals surface area contributed by atoms with Gasteiger partial charge < -0.3 is 14.8 Å². The largest absolute Gasteiger partial charge is 0.497 e. The number of alkyl halides is 3. The zero-order valence-electron chi connectivity index (χ0n) is 10.7. The van der Waals surface area contributed by atoms with E-state index in [0.717, 1.165) is 0 Å². The van der Waals surface area contributed by atoms with Crippen LogP contribution in [0.2, 0.25) is 0 Å². The summed E-state index contributed by atoms with van der Waals surface area (Å²) < 4.78 is 43.5. The number of hydrogen-bond acceptors (Lipinski definition) is 3. The van der Waals surface area contributed by atoms with Gasteiger partial charge >= 0.3 is 6.18 Å². The van der Waals surface area contributed by atoms with E-state index in [9.17, 15) is 13.2 Å². The number of imidazole rings is 1. The average molecular weight is 286 g/mol. The van der Waals surface area contributed by atoms with E-state index in [1.165, 1.54) is 7.11 Å². The fourth-order valence-corrected chi connectivity index (χ4v) is 1.82. The maximum absolute atomic E-state index is 12.8. The number of aliphatic hydroxyl groups is 1. The molecule has 2 aromatic rings. The van der Waals surface area contributed by atoms with Gasteiger partial charge in [0.1, 0.15) is 11.6 Å². The molecular formula is C13H13F3N2O2. The Balaban J connectivity index is 2.41. The van der Waals surface area contributed by atoms with E-state index < -0.39 is 11.9 Å². The van der Waals surface area contributed by atoms with Gasteiger partial charge in [-0.2, -0.15) is 13.2 Å². The van der Waals surface area contributed by atoms with Gasteiger partial charge in [-0.3, -0.25) is 0 Å². The molecule has 0 saturated heterocycles. The minimum absolute atomic E-state index is 0.114. The zero-order valence-corrected chi connectivity index (χ0v) is 10.7. The van der Waals surface area contributed by atoms with Crippen LogP contribution in [0, 0.1) is 0 Å². The Hall–Kier alpha value is -2.02. The molecule has 7 heteroatoms. The third-order valence-corrected chi connectivity index (χ3v) is 2.77. The van der Waals surface area contributed by atoms with Gasteiger partial charge in [0.2, 0.25) is 0 Å². The molecule has 0 spiro atoms. The van der Waals surface area contributed by atoms with Crippen LogP contribution in [-0.4, -0.2) is 28.8 Å². The van der Waals surface area contributed by atoms with Crippen LogP contribution < -0.4 is 4.74 Å². The highest BCUT2D eigenvalue weighted by atomic mass is 19.4. The van der Waals surface area contributed by atoms with Crippen LogP contribution >= 0.6 is 0 Å². The lowest BCUT2D eigenvalue weighted by Crippen LogP contribution is -2.10. The van der Waals surface area contributed by atoms with Gasteiger partial charge in [-0.25, -0.2) is 4.98 Å². The van der Waals surface area contributed by atoms with Crippen molar-refractivity contribution in [3.8, 4) is 17.1 Å². The molecule has 108 valence electrons. The van der Waals surface area contributed by atoms with Crippen LogP contribution in [0.3, 0.4) is 0 Å². The smallest absolute Gasteiger partial charge is 0.435 e. The summed E-state index contributed by atoms with van der Waals surface area (Å²) >= 11 is 0. The molecule has 0 fully saturated rings. The molecule has 0 aliphatic rings. The molecule has 0 aliphatic carbocycles. The Kier molecular flexibility index (Phi) is 3.99. The predicted octanol–water partition coefficient (Wildman–Crippen LogP) is 2.64. The SMILES string of the molecule is COc1ccc(-c2nc(C(F)(F)F)c(CCO)[nH]2)cc1. The highest BCUT2D eigenvalue weighted by Gasteiger charge is 2.37. The predicted molar refractivity (Wildman–Crippen MR) is 66.4 cm³/mol. The zero-order chi connectivity index (χ0) is 14.8. The lowest BCUT2D eigenvalue weighted by atomic mass is 10.2. The van der Waals surface area contributed by atoms with Crippen LogP contribution in [0.25, 0.3) is 11.4 Å². The van der Waals surface area contributed by atoms with Crippen molar-refractivity contribution in [2.24, 2.45) is 0 Å². The topological polar surface area (TPSA) is 58.1 Å². The third-order valence-electron chi connectivity index (χ3n) is 2.77. The average Bonchev–Trinajstić information content (AvgIpc) is 2.83. The second kappa shape index (κ2) is 5.54. The number of hydrogen-bond donors (Lipinski definition) is 2. The van der Waals surface area contributed by atoms with E-state index in [4.69, 9.17) is 9.84 Å². The van der Waals surface area contributed by atoms with Crippen LogP contribution in [0.15, 0.2) is 24.3 Å². The quantitative estimate of drug-likeness (QED) is 0.908. The van der Waals surface area contributed by atoms with E-state index in [-0.39, 0.29) is 24.5 Å². The molecule has 0 amide bonds. The van der Waals surface area contributed by atoms with Crippen molar-refractivity contribution in [1.82, 2.24) is 9.97 Å². The van der Waals surface area contributed by atoms with E-state index in [1.807, 2.05) is 0 Å². The van der Waals surface area contributed by atoms with Crippen LogP contribution in [0.5, 0.6) is 5.75 Å². The fraction of sp³-hybridized carbons (Fsp3) is 0.308. The van der Waals surface area contributed by atoms with Gasteiger partial charge in [-0.15, -0.1) is 0 Å². The van der Waals surface area contributed by atoms with Gasteiger partial charge in [-0.1, -0.05) is 0 Å². The van der Waals surface area contributed by atoms with E-state index >= 15 is 0 Å². The molecule has 0 atom stereocenters. The molecule has 0 radical (unpaired) electrons. The first-order chi connectivity index (χ1) is 9.45. The molecule has 2 N–H and O–H groups in total. The van der Waals surface area contributed by atoms with E-state index in [2.05, 4.69) is 9.97 Å². The minimum atomic E-state index is -4.55. The fourth-order valence-electron chi connectivity index (χ4n) is 1.82. The summed E-state index contributed by atoms with van der Waals surface area (Å²) in [5, 5.41) is 8.83. The first kappa shape index (κ1) is 14.4. The summed E-state index contributed by atoms with van der Waals surface area (Å²) in [6.45, 7) is -0.382. The number of methoxy groups -OCH3 is 1. The monoisotopic (exact) mass is 286 g/mol. The number of nitrogens with zero attached hydrogens (tertiary/aromatic N) is 1. The van der Waals surface area contributed by atoms with Gasteiger partial charge in [0.25, 0.3) is 0 Å². The van der Waals surface area contributed by atoms with E-state index in [0.29, 0.717) is 11.3 Å². The van der Waals surface area contributed by atoms with Crippen LogP contribution in [-0.2, 0) is 12.6 Å². The number of nitrogens with one attached hydrogen (secondary N) is 1. The maximum atomic E-state index is 12.8. The molecule has 1 aromatic heterocycles. The second-order valence-corrected chi connectivity index (χ2v) is 4.11. The molecular weight excluding hydrogens is 273 g/mol. The van der Waals surface area contributed by atoms with Crippen molar-refractivity contribution >= 4 is 0 Å². The van der Waals surface area contributed by atoms with Crippen molar-refractivity contribution in [2.75, 3.05) is 13.7 Å². The Morgan fingerprint density at radius 1 is 1.25 bits per heavy atom. The summed E-state index contributed by atoms with van der Waals surface area (Å²) in [4.78, 5) is 6.20. The molecule has 0 saturated carbocycles. The molecule has 20 heavy (non-hydrogen) atoms. The Bertz CT molecular complexity index is 576. The number of H-pyrrole nitrogens is 1. The Morgan fingerprint density at radius 3 is 2.40 bits per heavy atom. The number of benzene rings is 1. The van der Waals surface area contributed by atoms with Gasteiger partial charge in [0, 0.05) is 24.3 Å². The molecule has 4 nitrogen and oxygen atoms in total. The Morgan fingerprint density at radius 2 is 1.90 bits per heavy atom. The summed E-state index contributed by atoms with van der Waals surface area (Å²) in [5.74, 6) is 0.718. The highest BCUT2D eigenvalue weighted by molar-refractivity contribution is 5.57. The third kappa shape index (κ3) is 2.93. The second-order valence-electron chi connectivity index (χ2n) is 4.11. The van der Waals surface area contributed by atoms with E-state index in [1.54, 1.807) is 24.3 Å². The van der Waals surface area contributed by atoms with Crippen molar-refractivity contribution in [3.05, 3.63) is 35.7 Å². The number of aromatic amines is 1. The first-order valence-electron chi connectivity index (χ1n) is 5.87. The maximum Gasteiger partial charge on any atom is 0.435 e. The molecule has 2 rings (SSSR count). The molecule has 1 aromatic carbocycles. The first-order valence-corrected chi connectivity index (χ1v) is 5.87. The lowest BCUT2D eigenvalue weighted by molar-refractivity contribution is -0.141. The van der Waals surface area contributed by atoms with Gasteiger partial charge in [0.05, 0.1) is 7.11 Å². The van der Waals surface area contributed by atoms with Crippen molar-refractivity contribution < 1.29 is 23.0 Å². The standard InChI is InChI=1S/C13H13F3N2O2/c1-20-9-4-2-8(3-5-9)12-17-10(6-7-19)11(18-12)13(14,15)16/h2-5,19H,6-7H2,1H3,(H,17,18). The number of aliphatic hydroxyl groups excluding tert-OH is 1. The minimum Gasteiger partial charge on any atom is -0.497 e. The summed E-state index contributed by atoms with van der Waals surface area (Å²) in [6, 6.07) is 6.49. The highest BCUT2D eigenvalue weighted by Crippen LogP contribution is 2.33. The number of halogens is 3. The summed E-state index contributed by atoms with van der Waals surface area (Å²) in [5.41, 5.74) is -0.594. The van der Waals surface area contributed by atoms with Crippen molar-refractivity contribution in [3.63, 3.8) is 0 Å². The van der Waals surface area contributed by atoms with Crippen molar-refractivity contribution in [1.29, 1.82) is 0 Å². The van der Waals surface area contributed by atoms with Crippen LogP contribution in [0.4, 0.5) is 13.2 Å². The molecule has 0 aliphatic heterocycles. The van der Waals surface area contributed by atoms with Crippen molar-refractivity contribution in [2.45, 2.75) is 12.6 Å². The molecule has 0 bridgehead atoms. The Labute approximate surface area is 113 Å². The number of rotatable bonds is 4. The molecule has 1 heterocycles. The van der Waals surface area contributed by atoms with Crippen LogP contribution in [0.1, 0.15) is 11.4 Å². The van der Waals surface area contributed by atoms with Gasteiger partial charge in [0.15, 0.2) is 5.69 Å². The molecule has 0 unspecified atom stereocenters. The summed E-state index contributed by atoms with van der Waals surface area (Å²) in [6.07, 6.45) is -4.68. The lowest BCUT2D eigenvalue weighted by Gasteiger charge is -2.04. The number of ether oxygens (including phenoxy) is 1. The van der Waals surface area contributed by atoms with Gasteiger partial charge in [-0.05, 0) is 24.3 Å².